The molecule has 90 valence electrons. The van der Waals surface area contributed by atoms with E-state index in [1.54, 1.807) is 0 Å². The molecule has 0 aromatic heterocycles. The molecule has 1 unspecified atom stereocenters. The third kappa shape index (κ3) is 2.38. The number of hydrogen-bond donors (Lipinski definition) is 3. The number of amides is 1. The summed E-state index contributed by atoms with van der Waals surface area (Å²) >= 11 is 0. The van der Waals surface area contributed by atoms with Gasteiger partial charge in [0.25, 0.3) is 0 Å². The van der Waals surface area contributed by atoms with Gasteiger partial charge < -0.3 is 15.7 Å². The van der Waals surface area contributed by atoms with Crippen LogP contribution in [0.15, 0.2) is 18.2 Å². The van der Waals surface area contributed by atoms with E-state index in [0.29, 0.717) is 5.69 Å². The first-order valence-electron chi connectivity index (χ1n) is 5.52. The average Bonchev–Trinajstić information content (AvgIpc) is 2.29. The Kier molecular flexibility index (Phi) is 2.99. The summed E-state index contributed by atoms with van der Waals surface area (Å²) in [4.78, 5) is 22.2. The van der Waals surface area contributed by atoms with Gasteiger partial charge in [-0.1, -0.05) is 13.0 Å². The van der Waals surface area contributed by atoms with E-state index in [4.69, 9.17) is 5.11 Å². The van der Waals surface area contributed by atoms with Crippen molar-refractivity contribution in [1.82, 2.24) is 0 Å². The van der Waals surface area contributed by atoms with Gasteiger partial charge in [-0.15, -0.1) is 0 Å². The van der Waals surface area contributed by atoms with Crippen LogP contribution >= 0.6 is 0 Å². The molecule has 17 heavy (non-hydrogen) atoms. The van der Waals surface area contributed by atoms with Crippen molar-refractivity contribution >= 4 is 23.3 Å². The molecular weight excluding hydrogens is 220 g/mol. The molecule has 0 bridgehead atoms. The largest absolute Gasteiger partial charge is 0.481 e. The molecule has 0 aliphatic carbocycles. The number of carboxylic acids is 1. The molecule has 1 heterocycles. The van der Waals surface area contributed by atoms with E-state index in [-0.39, 0.29) is 12.3 Å². The van der Waals surface area contributed by atoms with E-state index in [2.05, 4.69) is 10.6 Å². The number of anilines is 2. The predicted octanol–water partition coefficient (Wildman–Crippen LogP) is 1.46. The molecule has 5 nitrogen and oxygen atoms in total. The van der Waals surface area contributed by atoms with Crippen molar-refractivity contribution in [2.75, 3.05) is 10.6 Å². The number of hydrogen-bond acceptors (Lipinski definition) is 3. The molecule has 1 aliphatic rings. The van der Waals surface area contributed by atoms with Crippen LogP contribution in [0.3, 0.4) is 0 Å². The zero-order chi connectivity index (χ0) is 12.4. The topological polar surface area (TPSA) is 78.4 Å². The van der Waals surface area contributed by atoms with Crippen molar-refractivity contribution in [2.45, 2.75) is 25.8 Å². The second kappa shape index (κ2) is 4.45. The van der Waals surface area contributed by atoms with Gasteiger partial charge in [-0.2, -0.15) is 0 Å². The van der Waals surface area contributed by atoms with Gasteiger partial charge in [0.2, 0.25) is 5.91 Å². The molecule has 1 aliphatic heterocycles. The number of fused-ring (bicyclic) bond motifs is 1. The number of carbonyl (C=O) groups is 2. The average molecular weight is 234 g/mol. The molecule has 2 rings (SSSR count). The molecule has 1 atom stereocenters. The van der Waals surface area contributed by atoms with E-state index in [9.17, 15) is 9.59 Å². The third-order valence-corrected chi connectivity index (χ3v) is 2.78. The summed E-state index contributed by atoms with van der Waals surface area (Å²) < 4.78 is 0. The lowest BCUT2D eigenvalue weighted by Crippen LogP contribution is -2.40. The quantitative estimate of drug-likeness (QED) is 0.739. The fourth-order valence-electron chi connectivity index (χ4n) is 1.83. The number of benzene rings is 1. The summed E-state index contributed by atoms with van der Waals surface area (Å²) in [5, 5.41) is 14.4. The van der Waals surface area contributed by atoms with E-state index in [0.717, 1.165) is 17.7 Å². The molecule has 1 amide bonds. The number of carbonyl (C=O) groups excluding carboxylic acids is 1. The highest BCUT2D eigenvalue weighted by molar-refractivity contribution is 6.04. The Morgan fingerprint density at radius 2 is 2.18 bits per heavy atom. The lowest BCUT2D eigenvalue weighted by Gasteiger charge is -2.26. The minimum absolute atomic E-state index is 0.221. The summed E-state index contributed by atoms with van der Waals surface area (Å²) in [6.07, 6.45) is 0.675. The van der Waals surface area contributed by atoms with Crippen molar-refractivity contribution in [3.63, 3.8) is 0 Å². The van der Waals surface area contributed by atoms with Crippen molar-refractivity contribution < 1.29 is 14.7 Å². The second-order valence-corrected chi connectivity index (χ2v) is 4.02. The van der Waals surface area contributed by atoms with Crippen molar-refractivity contribution in [3.05, 3.63) is 23.8 Å². The first-order chi connectivity index (χ1) is 8.10. The van der Waals surface area contributed by atoms with Crippen molar-refractivity contribution in [2.24, 2.45) is 0 Å². The van der Waals surface area contributed by atoms with E-state index >= 15 is 0 Å². The van der Waals surface area contributed by atoms with Gasteiger partial charge in [0, 0.05) is 0 Å². The van der Waals surface area contributed by atoms with Gasteiger partial charge >= 0.3 is 5.97 Å². The molecule has 0 fully saturated rings. The summed E-state index contributed by atoms with van der Waals surface area (Å²) in [5.41, 5.74) is 2.63. The predicted molar refractivity (Wildman–Crippen MR) is 64.1 cm³/mol. The Balaban J connectivity index is 2.25. The van der Waals surface area contributed by atoms with E-state index in [1.807, 2.05) is 25.1 Å². The third-order valence-electron chi connectivity index (χ3n) is 2.78. The number of aryl methyl sites for hydroxylation is 1. The minimum atomic E-state index is -0.993. The van der Waals surface area contributed by atoms with Gasteiger partial charge in [-0.25, -0.2) is 0 Å². The number of rotatable bonds is 3. The lowest BCUT2D eigenvalue weighted by atomic mass is 10.1. The number of aliphatic carboxylic acids is 1. The maximum Gasteiger partial charge on any atom is 0.305 e. The van der Waals surface area contributed by atoms with Gasteiger partial charge in [-0.05, 0) is 24.1 Å². The monoisotopic (exact) mass is 234 g/mol. The fourth-order valence-corrected chi connectivity index (χ4v) is 1.83. The zero-order valence-corrected chi connectivity index (χ0v) is 9.49. The maximum absolute atomic E-state index is 11.6. The normalized spacial score (nSPS) is 17.9. The number of carboxylic acid groups (broad SMARTS) is 1. The van der Waals surface area contributed by atoms with Crippen LogP contribution in [0.25, 0.3) is 0 Å². The van der Waals surface area contributed by atoms with Crippen LogP contribution in [0, 0.1) is 0 Å². The Morgan fingerprint density at radius 3 is 2.82 bits per heavy atom. The molecule has 1 aromatic carbocycles. The first kappa shape index (κ1) is 11.4. The summed E-state index contributed by atoms with van der Waals surface area (Å²) in [6.45, 7) is 2.04. The Hall–Kier alpha value is -2.04. The number of nitrogens with one attached hydrogen (secondary N) is 2. The van der Waals surface area contributed by atoms with Crippen molar-refractivity contribution in [1.29, 1.82) is 0 Å². The van der Waals surface area contributed by atoms with E-state index in [1.165, 1.54) is 0 Å². The zero-order valence-electron chi connectivity index (χ0n) is 9.49. The summed E-state index contributed by atoms with van der Waals surface area (Å²) in [7, 11) is 0. The minimum Gasteiger partial charge on any atom is -0.481 e. The van der Waals surface area contributed by atoms with Crippen molar-refractivity contribution in [3.8, 4) is 0 Å². The Morgan fingerprint density at radius 1 is 1.41 bits per heavy atom. The Bertz CT molecular complexity index is 471. The molecule has 0 saturated carbocycles. The molecule has 0 saturated heterocycles. The highest BCUT2D eigenvalue weighted by atomic mass is 16.4. The molecule has 0 spiro atoms. The van der Waals surface area contributed by atoms with Crippen LogP contribution in [0.4, 0.5) is 11.4 Å². The summed E-state index contributed by atoms with van der Waals surface area (Å²) in [5.74, 6) is -1.29. The first-order valence-corrected chi connectivity index (χ1v) is 5.52. The van der Waals surface area contributed by atoms with Crippen LogP contribution < -0.4 is 10.6 Å². The van der Waals surface area contributed by atoms with Crippen LogP contribution in [-0.4, -0.2) is 23.0 Å². The Labute approximate surface area is 98.8 Å². The van der Waals surface area contributed by atoms with Crippen LogP contribution in [0.1, 0.15) is 18.9 Å². The van der Waals surface area contributed by atoms with Crippen LogP contribution in [0.2, 0.25) is 0 Å². The van der Waals surface area contributed by atoms with E-state index < -0.39 is 12.0 Å². The standard InChI is InChI=1S/C12H14N2O3/c1-2-7-3-4-8-9(5-7)13-10(6-11(15)16)12(17)14-8/h3-5,10,13H,2,6H2,1H3,(H,14,17)(H,15,16). The van der Waals surface area contributed by atoms with Crippen LogP contribution in [-0.2, 0) is 16.0 Å². The molecule has 3 N–H and O–H groups in total. The SMILES string of the molecule is CCc1ccc2c(c1)NC(CC(=O)O)C(=O)N2. The highest BCUT2D eigenvalue weighted by Crippen LogP contribution is 2.28. The summed E-state index contributed by atoms with van der Waals surface area (Å²) in [6, 6.07) is 5.00. The molecule has 5 heteroatoms. The lowest BCUT2D eigenvalue weighted by molar-refractivity contribution is -0.138. The maximum atomic E-state index is 11.6. The smallest absolute Gasteiger partial charge is 0.305 e. The van der Waals surface area contributed by atoms with Crippen LogP contribution in [0.5, 0.6) is 0 Å². The molecule has 0 radical (unpaired) electrons. The molecule has 1 aromatic rings. The van der Waals surface area contributed by atoms with Gasteiger partial charge in [-0.3, -0.25) is 9.59 Å². The highest BCUT2D eigenvalue weighted by Gasteiger charge is 2.27. The molecular formula is C12H14N2O3. The fraction of sp³-hybridized carbons (Fsp3) is 0.333. The van der Waals surface area contributed by atoms with Gasteiger partial charge in [0.05, 0.1) is 17.8 Å². The second-order valence-electron chi connectivity index (χ2n) is 4.02. The van der Waals surface area contributed by atoms with Gasteiger partial charge in [0.1, 0.15) is 6.04 Å². The van der Waals surface area contributed by atoms with Gasteiger partial charge in [0.15, 0.2) is 0 Å².